The average molecular weight is 241 g/mol. The number of carboxylic acids is 1. The van der Waals surface area contributed by atoms with Crippen LogP contribution in [-0.4, -0.2) is 45.0 Å². The van der Waals surface area contributed by atoms with Crippen molar-refractivity contribution in [3.8, 4) is 0 Å². The summed E-state index contributed by atoms with van der Waals surface area (Å²) in [6.45, 7) is 0.410. The first-order valence-corrected chi connectivity index (χ1v) is 5.69. The third-order valence-electron chi connectivity index (χ3n) is 1.55. The molecule has 86 valence electrons. The van der Waals surface area contributed by atoms with Crippen LogP contribution in [0.2, 0.25) is 0 Å². The van der Waals surface area contributed by atoms with Gasteiger partial charge in [-0.1, -0.05) is 0 Å². The molecular formula is C9H11N3O3S. The maximum Gasteiger partial charge on any atom is 0.313 e. The second-order valence-electron chi connectivity index (χ2n) is 2.79. The van der Waals surface area contributed by atoms with E-state index in [2.05, 4.69) is 15.3 Å². The molecule has 0 atom stereocenters. The SMILES string of the molecule is O=C(O)CSCCNC(=O)c1cnccn1. The molecule has 2 N–H and O–H groups in total. The van der Waals surface area contributed by atoms with Crippen molar-refractivity contribution < 1.29 is 14.7 Å². The van der Waals surface area contributed by atoms with Crippen LogP contribution in [0.4, 0.5) is 0 Å². The van der Waals surface area contributed by atoms with Crippen molar-refractivity contribution >= 4 is 23.6 Å². The Balaban J connectivity index is 2.19. The second-order valence-corrected chi connectivity index (χ2v) is 3.90. The third-order valence-corrected chi connectivity index (χ3v) is 2.50. The average Bonchev–Trinajstić information content (AvgIpc) is 2.29. The predicted octanol–water partition coefficient (Wildman–Crippen LogP) is 0.0242. The first-order valence-electron chi connectivity index (χ1n) is 4.54. The number of amides is 1. The molecule has 0 unspecified atom stereocenters. The fraction of sp³-hybridized carbons (Fsp3) is 0.333. The van der Waals surface area contributed by atoms with Crippen LogP contribution in [0.3, 0.4) is 0 Å². The summed E-state index contributed by atoms with van der Waals surface area (Å²) >= 11 is 1.25. The van der Waals surface area contributed by atoms with Gasteiger partial charge in [-0.2, -0.15) is 0 Å². The van der Waals surface area contributed by atoms with Crippen LogP contribution in [0.25, 0.3) is 0 Å². The van der Waals surface area contributed by atoms with Crippen LogP contribution in [0, 0.1) is 0 Å². The first kappa shape index (κ1) is 12.4. The zero-order valence-electron chi connectivity index (χ0n) is 8.42. The summed E-state index contributed by atoms with van der Waals surface area (Å²) in [5.74, 6) is -0.562. The van der Waals surface area contributed by atoms with E-state index in [4.69, 9.17) is 5.11 Å². The molecule has 0 aliphatic carbocycles. The normalized spacial score (nSPS) is 9.75. The van der Waals surface area contributed by atoms with E-state index in [1.165, 1.54) is 30.4 Å². The molecule has 0 bridgehead atoms. The Labute approximate surface area is 96.5 Å². The predicted molar refractivity (Wildman–Crippen MR) is 59.3 cm³/mol. The highest BCUT2D eigenvalue weighted by Crippen LogP contribution is 1.97. The van der Waals surface area contributed by atoms with E-state index in [1.54, 1.807) is 0 Å². The highest BCUT2D eigenvalue weighted by molar-refractivity contribution is 7.99. The molecule has 6 nitrogen and oxygen atoms in total. The molecule has 1 rings (SSSR count). The zero-order valence-corrected chi connectivity index (χ0v) is 9.24. The summed E-state index contributed by atoms with van der Waals surface area (Å²) < 4.78 is 0. The Morgan fingerprint density at radius 1 is 1.44 bits per heavy atom. The lowest BCUT2D eigenvalue weighted by atomic mass is 10.4. The number of carbonyl (C=O) groups excluding carboxylic acids is 1. The van der Waals surface area contributed by atoms with Crippen LogP contribution in [-0.2, 0) is 4.79 Å². The molecule has 0 aliphatic rings. The number of rotatable bonds is 6. The highest BCUT2D eigenvalue weighted by atomic mass is 32.2. The smallest absolute Gasteiger partial charge is 0.313 e. The minimum absolute atomic E-state index is 0.0427. The van der Waals surface area contributed by atoms with Gasteiger partial charge in [0.05, 0.1) is 11.9 Å². The van der Waals surface area contributed by atoms with E-state index in [0.717, 1.165) is 0 Å². The molecule has 1 heterocycles. The number of aliphatic carboxylic acids is 1. The van der Waals surface area contributed by atoms with Gasteiger partial charge in [0.1, 0.15) is 5.69 Å². The van der Waals surface area contributed by atoms with Gasteiger partial charge in [0.25, 0.3) is 5.91 Å². The molecular weight excluding hydrogens is 230 g/mol. The van der Waals surface area contributed by atoms with Crippen molar-refractivity contribution in [2.45, 2.75) is 0 Å². The summed E-state index contributed by atoms with van der Waals surface area (Å²) in [5, 5.41) is 11.0. The summed E-state index contributed by atoms with van der Waals surface area (Å²) in [6.07, 6.45) is 4.30. The van der Waals surface area contributed by atoms with Gasteiger partial charge in [0.15, 0.2) is 0 Å². The van der Waals surface area contributed by atoms with Gasteiger partial charge in [-0.25, -0.2) is 4.98 Å². The molecule has 0 spiro atoms. The second kappa shape index (κ2) is 6.78. The van der Waals surface area contributed by atoms with E-state index in [0.29, 0.717) is 12.3 Å². The van der Waals surface area contributed by atoms with Crippen molar-refractivity contribution in [2.24, 2.45) is 0 Å². The fourth-order valence-electron chi connectivity index (χ4n) is 0.903. The lowest BCUT2D eigenvalue weighted by Gasteiger charge is -2.02. The van der Waals surface area contributed by atoms with E-state index < -0.39 is 5.97 Å². The van der Waals surface area contributed by atoms with E-state index in [-0.39, 0.29) is 17.4 Å². The number of carboxylic acid groups (broad SMARTS) is 1. The van der Waals surface area contributed by atoms with Crippen LogP contribution in [0.1, 0.15) is 10.5 Å². The van der Waals surface area contributed by atoms with Crippen molar-refractivity contribution in [2.75, 3.05) is 18.1 Å². The van der Waals surface area contributed by atoms with Gasteiger partial charge in [0, 0.05) is 24.7 Å². The van der Waals surface area contributed by atoms with Gasteiger partial charge in [-0.3, -0.25) is 14.6 Å². The Morgan fingerprint density at radius 2 is 2.25 bits per heavy atom. The molecule has 16 heavy (non-hydrogen) atoms. The Kier molecular flexibility index (Phi) is 5.27. The number of thioether (sulfide) groups is 1. The van der Waals surface area contributed by atoms with Crippen molar-refractivity contribution in [3.63, 3.8) is 0 Å². The van der Waals surface area contributed by atoms with E-state index in [1.807, 2.05) is 0 Å². The molecule has 0 saturated heterocycles. The Bertz CT molecular complexity index is 358. The van der Waals surface area contributed by atoms with E-state index >= 15 is 0 Å². The minimum atomic E-state index is -0.856. The molecule has 1 amide bonds. The molecule has 1 aromatic heterocycles. The third kappa shape index (κ3) is 4.74. The number of aromatic nitrogens is 2. The molecule has 0 aliphatic heterocycles. The van der Waals surface area contributed by atoms with Crippen LogP contribution in [0.15, 0.2) is 18.6 Å². The van der Waals surface area contributed by atoms with Gasteiger partial charge < -0.3 is 10.4 Å². The Morgan fingerprint density at radius 3 is 2.88 bits per heavy atom. The fourth-order valence-corrected chi connectivity index (χ4v) is 1.47. The summed E-state index contributed by atoms with van der Waals surface area (Å²) in [5.41, 5.74) is 0.255. The summed E-state index contributed by atoms with van der Waals surface area (Å²) in [4.78, 5) is 29.2. The van der Waals surface area contributed by atoms with E-state index in [9.17, 15) is 9.59 Å². The first-order chi connectivity index (χ1) is 7.70. The number of carbonyl (C=O) groups is 2. The lowest BCUT2D eigenvalue weighted by Crippen LogP contribution is -2.26. The van der Waals surface area contributed by atoms with Gasteiger partial charge in [-0.05, 0) is 0 Å². The number of hydrogen-bond acceptors (Lipinski definition) is 5. The topological polar surface area (TPSA) is 92.2 Å². The highest BCUT2D eigenvalue weighted by Gasteiger charge is 2.05. The largest absolute Gasteiger partial charge is 0.481 e. The summed E-state index contributed by atoms with van der Waals surface area (Å²) in [6, 6.07) is 0. The number of nitrogens with one attached hydrogen (secondary N) is 1. The molecule has 0 aromatic carbocycles. The van der Waals surface area contributed by atoms with Crippen molar-refractivity contribution in [3.05, 3.63) is 24.3 Å². The van der Waals surface area contributed by atoms with Gasteiger partial charge in [0.2, 0.25) is 0 Å². The quantitative estimate of drug-likeness (QED) is 0.682. The van der Waals surface area contributed by atoms with Crippen LogP contribution in [0.5, 0.6) is 0 Å². The molecule has 7 heteroatoms. The number of nitrogens with zero attached hydrogens (tertiary/aromatic N) is 2. The molecule has 0 fully saturated rings. The zero-order chi connectivity index (χ0) is 11.8. The monoisotopic (exact) mass is 241 g/mol. The lowest BCUT2D eigenvalue weighted by molar-refractivity contribution is -0.133. The summed E-state index contributed by atoms with van der Waals surface area (Å²) in [7, 11) is 0. The maximum absolute atomic E-state index is 11.4. The number of hydrogen-bond donors (Lipinski definition) is 2. The standard InChI is InChI=1S/C9H11N3O3S/c13-8(14)6-16-4-3-12-9(15)7-5-10-1-2-11-7/h1-2,5H,3-4,6H2,(H,12,15)(H,13,14). The van der Waals surface area contributed by atoms with Crippen molar-refractivity contribution in [1.82, 2.24) is 15.3 Å². The minimum Gasteiger partial charge on any atom is -0.481 e. The van der Waals surface area contributed by atoms with Crippen molar-refractivity contribution in [1.29, 1.82) is 0 Å². The van der Waals surface area contributed by atoms with Crippen LogP contribution < -0.4 is 5.32 Å². The van der Waals surface area contributed by atoms with Gasteiger partial charge >= 0.3 is 5.97 Å². The van der Waals surface area contributed by atoms with Gasteiger partial charge in [-0.15, -0.1) is 11.8 Å². The van der Waals surface area contributed by atoms with Crippen LogP contribution >= 0.6 is 11.8 Å². The maximum atomic E-state index is 11.4. The Hall–Kier alpha value is -1.63. The molecule has 1 aromatic rings. The molecule has 0 radical (unpaired) electrons. The molecule has 0 saturated carbocycles.